The summed E-state index contributed by atoms with van der Waals surface area (Å²) in [5, 5.41) is 9.96. The van der Waals surface area contributed by atoms with Gasteiger partial charge in [-0.1, -0.05) is 30.3 Å². The monoisotopic (exact) mass is 284 g/mol. The number of Topliss-reactive ketones (excluding diaryl/α,β-unsaturated/α-hetero) is 1. The van der Waals surface area contributed by atoms with Crippen molar-refractivity contribution < 1.29 is 19.4 Å². The molecule has 4 nitrogen and oxygen atoms in total. The lowest BCUT2D eigenvalue weighted by atomic mass is 9.93. The largest absolute Gasteiger partial charge is 0.507 e. The summed E-state index contributed by atoms with van der Waals surface area (Å²) < 4.78 is 11.2. The van der Waals surface area contributed by atoms with E-state index < -0.39 is 0 Å². The highest BCUT2D eigenvalue weighted by atomic mass is 16.5. The molecule has 2 aromatic carbocycles. The average Bonchev–Trinajstić information content (AvgIpc) is 2.51. The molecule has 0 unspecified atom stereocenters. The van der Waals surface area contributed by atoms with Crippen LogP contribution >= 0.6 is 0 Å². The molecule has 2 aromatic rings. The van der Waals surface area contributed by atoms with Crippen LogP contribution in [0.2, 0.25) is 0 Å². The van der Waals surface area contributed by atoms with Gasteiger partial charge in [0.15, 0.2) is 5.78 Å². The van der Waals surface area contributed by atoms with E-state index in [1.807, 2.05) is 30.3 Å². The van der Waals surface area contributed by atoms with E-state index in [9.17, 15) is 9.90 Å². The highest BCUT2D eigenvalue weighted by molar-refractivity contribution is 6.03. The van der Waals surface area contributed by atoms with Crippen molar-refractivity contribution in [2.75, 3.05) is 7.11 Å². The number of hydrogen-bond acceptors (Lipinski definition) is 4. The molecule has 1 N–H and O–H groups in total. The van der Waals surface area contributed by atoms with Crippen LogP contribution in [-0.2, 0) is 0 Å². The molecule has 0 spiro atoms. The molecule has 0 bridgehead atoms. The molecule has 4 heteroatoms. The Balaban J connectivity index is 2.10. The van der Waals surface area contributed by atoms with Crippen LogP contribution in [0.4, 0.5) is 0 Å². The number of phenols is 1. The molecular weight excluding hydrogens is 268 g/mol. The summed E-state index contributed by atoms with van der Waals surface area (Å²) in [4.78, 5) is 12.5. The van der Waals surface area contributed by atoms with Crippen molar-refractivity contribution in [3.05, 3.63) is 53.1 Å². The average molecular weight is 284 g/mol. The third kappa shape index (κ3) is 2.23. The fraction of sp³-hybridized carbons (Fsp3) is 0.235. The number of aromatic hydroxyl groups is 1. The smallest absolute Gasteiger partial charge is 0.174 e. The second-order valence-corrected chi connectivity index (χ2v) is 5.07. The first-order valence-electron chi connectivity index (χ1n) is 6.77. The number of phenolic OH excluding ortho intramolecular Hbond substituents is 1. The summed E-state index contributed by atoms with van der Waals surface area (Å²) in [6, 6.07) is 11.1. The third-order valence-electron chi connectivity index (χ3n) is 3.77. The fourth-order valence-electron chi connectivity index (χ4n) is 2.60. The van der Waals surface area contributed by atoms with Crippen LogP contribution in [0.5, 0.6) is 17.2 Å². The first kappa shape index (κ1) is 13.5. The second kappa shape index (κ2) is 5.13. The summed E-state index contributed by atoms with van der Waals surface area (Å²) in [5.41, 5.74) is 1.91. The number of ether oxygens (including phenoxy) is 2. The summed E-state index contributed by atoms with van der Waals surface area (Å²) in [6.07, 6.45) is -0.0752. The molecular formula is C17H16O4. The Hall–Kier alpha value is -2.49. The molecule has 0 saturated heterocycles. The number of ketones is 1. The minimum absolute atomic E-state index is 0.0370. The van der Waals surface area contributed by atoms with Gasteiger partial charge < -0.3 is 14.6 Å². The van der Waals surface area contributed by atoms with Crippen LogP contribution < -0.4 is 9.47 Å². The minimum atomic E-state index is -0.337. The van der Waals surface area contributed by atoms with E-state index in [-0.39, 0.29) is 24.1 Å². The van der Waals surface area contributed by atoms with Gasteiger partial charge in [0, 0.05) is 11.6 Å². The van der Waals surface area contributed by atoms with E-state index in [2.05, 4.69) is 0 Å². The first-order chi connectivity index (χ1) is 10.1. The Kier molecular flexibility index (Phi) is 3.29. The fourth-order valence-corrected chi connectivity index (χ4v) is 2.60. The zero-order valence-electron chi connectivity index (χ0n) is 11.9. The van der Waals surface area contributed by atoms with Crippen molar-refractivity contribution in [2.45, 2.75) is 19.4 Å². The SMILES string of the molecule is COc1cc(O)c(C)c2c1C(=O)C[C@@H](c1ccccc1)O2. The van der Waals surface area contributed by atoms with E-state index in [1.54, 1.807) is 6.92 Å². The number of fused-ring (bicyclic) bond motifs is 1. The maximum Gasteiger partial charge on any atom is 0.174 e. The highest BCUT2D eigenvalue weighted by Crippen LogP contribution is 2.44. The van der Waals surface area contributed by atoms with Crippen LogP contribution in [0.3, 0.4) is 0 Å². The van der Waals surface area contributed by atoms with Gasteiger partial charge in [-0.25, -0.2) is 0 Å². The maximum absolute atomic E-state index is 12.5. The summed E-state index contributed by atoms with van der Waals surface area (Å²) in [5.74, 6) is 0.790. The Morgan fingerprint density at radius 1 is 1.29 bits per heavy atom. The Bertz CT molecular complexity index is 692. The number of methoxy groups -OCH3 is 1. The number of hydrogen-bond donors (Lipinski definition) is 1. The molecule has 0 aliphatic carbocycles. The molecule has 0 radical (unpaired) electrons. The zero-order chi connectivity index (χ0) is 15.0. The maximum atomic E-state index is 12.5. The number of rotatable bonds is 2. The Labute approximate surface area is 122 Å². The van der Waals surface area contributed by atoms with Gasteiger partial charge in [-0.2, -0.15) is 0 Å². The molecule has 0 aromatic heterocycles. The van der Waals surface area contributed by atoms with Crippen molar-refractivity contribution in [2.24, 2.45) is 0 Å². The highest BCUT2D eigenvalue weighted by Gasteiger charge is 2.32. The van der Waals surface area contributed by atoms with Crippen molar-refractivity contribution in [3.8, 4) is 17.2 Å². The molecule has 1 aliphatic heterocycles. The predicted octanol–water partition coefficient (Wildman–Crippen LogP) is 3.42. The Morgan fingerprint density at radius 2 is 2.00 bits per heavy atom. The second-order valence-electron chi connectivity index (χ2n) is 5.07. The molecule has 21 heavy (non-hydrogen) atoms. The van der Waals surface area contributed by atoms with Crippen LogP contribution in [0.1, 0.15) is 34.0 Å². The van der Waals surface area contributed by atoms with Crippen molar-refractivity contribution >= 4 is 5.78 Å². The lowest BCUT2D eigenvalue weighted by Crippen LogP contribution is -2.21. The topological polar surface area (TPSA) is 55.8 Å². The number of benzene rings is 2. The number of carbonyl (C=O) groups excluding carboxylic acids is 1. The van der Waals surface area contributed by atoms with Crippen LogP contribution in [0.25, 0.3) is 0 Å². The standard InChI is InChI=1S/C17H16O4/c1-10-12(18)8-15(20-2)16-13(19)9-14(21-17(10)16)11-6-4-3-5-7-11/h3-8,14,18H,9H2,1-2H3/t14-/m0/s1. The van der Waals surface area contributed by atoms with Crippen LogP contribution in [-0.4, -0.2) is 18.0 Å². The van der Waals surface area contributed by atoms with E-state index >= 15 is 0 Å². The predicted molar refractivity (Wildman–Crippen MR) is 78.2 cm³/mol. The van der Waals surface area contributed by atoms with E-state index in [4.69, 9.17) is 9.47 Å². The van der Waals surface area contributed by atoms with Crippen LogP contribution in [0.15, 0.2) is 36.4 Å². The summed E-state index contributed by atoms with van der Waals surface area (Å²) >= 11 is 0. The van der Waals surface area contributed by atoms with Gasteiger partial charge in [0.05, 0.1) is 13.5 Å². The minimum Gasteiger partial charge on any atom is -0.507 e. The summed E-state index contributed by atoms with van der Waals surface area (Å²) in [7, 11) is 1.47. The molecule has 1 aliphatic rings. The third-order valence-corrected chi connectivity index (χ3v) is 3.77. The molecule has 1 heterocycles. The van der Waals surface area contributed by atoms with E-state index in [0.29, 0.717) is 22.6 Å². The molecule has 108 valence electrons. The molecule has 0 amide bonds. The quantitative estimate of drug-likeness (QED) is 0.918. The van der Waals surface area contributed by atoms with Gasteiger partial charge in [0.1, 0.15) is 28.9 Å². The Morgan fingerprint density at radius 3 is 2.67 bits per heavy atom. The first-order valence-corrected chi connectivity index (χ1v) is 6.77. The van der Waals surface area contributed by atoms with Crippen molar-refractivity contribution in [1.82, 2.24) is 0 Å². The van der Waals surface area contributed by atoms with E-state index in [1.165, 1.54) is 13.2 Å². The lowest BCUT2D eigenvalue weighted by molar-refractivity contribution is 0.0842. The van der Waals surface area contributed by atoms with Gasteiger partial charge in [0.25, 0.3) is 0 Å². The summed E-state index contributed by atoms with van der Waals surface area (Å²) in [6.45, 7) is 1.73. The van der Waals surface area contributed by atoms with Crippen LogP contribution in [0, 0.1) is 6.92 Å². The lowest BCUT2D eigenvalue weighted by Gasteiger charge is -2.28. The normalized spacial score (nSPS) is 17.0. The van der Waals surface area contributed by atoms with Gasteiger partial charge in [-0.15, -0.1) is 0 Å². The molecule has 0 saturated carbocycles. The van der Waals surface area contributed by atoms with Gasteiger partial charge in [-0.05, 0) is 12.5 Å². The van der Waals surface area contributed by atoms with E-state index in [0.717, 1.165) is 5.56 Å². The molecule has 0 fully saturated rings. The van der Waals surface area contributed by atoms with Gasteiger partial charge in [0.2, 0.25) is 0 Å². The van der Waals surface area contributed by atoms with Crippen molar-refractivity contribution in [3.63, 3.8) is 0 Å². The zero-order valence-corrected chi connectivity index (χ0v) is 11.9. The molecule has 3 rings (SSSR count). The van der Waals surface area contributed by atoms with Crippen molar-refractivity contribution in [1.29, 1.82) is 0 Å². The van der Waals surface area contributed by atoms with Gasteiger partial charge >= 0.3 is 0 Å². The number of carbonyl (C=O) groups is 1. The van der Waals surface area contributed by atoms with Gasteiger partial charge in [-0.3, -0.25) is 4.79 Å². The molecule has 1 atom stereocenters.